The van der Waals surface area contributed by atoms with Gasteiger partial charge in [0.25, 0.3) is 5.91 Å². The minimum Gasteiger partial charge on any atom is -0.484 e. The van der Waals surface area contributed by atoms with E-state index in [1.165, 1.54) is 5.56 Å². The average molecular weight is 417 g/mol. The third kappa shape index (κ3) is 4.85. The molecule has 1 aromatic heterocycles. The van der Waals surface area contributed by atoms with Crippen LogP contribution in [0.3, 0.4) is 0 Å². The summed E-state index contributed by atoms with van der Waals surface area (Å²) in [5.41, 5.74) is 4.30. The lowest BCUT2D eigenvalue weighted by atomic mass is 10.1. The minimum atomic E-state index is 0.0134. The van der Waals surface area contributed by atoms with Gasteiger partial charge in [0.05, 0.1) is 0 Å². The molecule has 1 aliphatic rings. The number of nitrogens with zero attached hydrogens (tertiary/aromatic N) is 4. The van der Waals surface area contributed by atoms with Crippen LogP contribution in [0.2, 0.25) is 0 Å². The molecule has 0 N–H and O–H groups in total. The molecule has 1 aliphatic heterocycles. The van der Waals surface area contributed by atoms with Crippen LogP contribution in [0.25, 0.3) is 11.4 Å². The molecule has 0 bridgehead atoms. The van der Waals surface area contributed by atoms with Gasteiger partial charge in [0.2, 0.25) is 0 Å². The number of hydrogen-bond acceptors (Lipinski definition) is 5. The van der Waals surface area contributed by atoms with Crippen LogP contribution in [0, 0.1) is 20.8 Å². The molecule has 0 radical (unpaired) electrons. The monoisotopic (exact) mass is 416 g/mol. The van der Waals surface area contributed by atoms with Crippen LogP contribution in [0.15, 0.2) is 54.6 Å². The maximum Gasteiger partial charge on any atom is 0.260 e. The first-order chi connectivity index (χ1) is 15.0. The van der Waals surface area contributed by atoms with E-state index in [-0.39, 0.29) is 12.5 Å². The lowest BCUT2D eigenvalue weighted by Crippen LogP contribution is -2.50. The van der Waals surface area contributed by atoms with E-state index in [9.17, 15) is 4.79 Å². The third-order valence-electron chi connectivity index (χ3n) is 5.71. The van der Waals surface area contributed by atoms with Gasteiger partial charge in [0, 0.05) is 43.0 Å². The van der Waals surface area contributed by atoms with E-state index in [0.717, 1.165) is 41.6 Å². The maximum atomic E-state index is 12.6. The van der Waals surface area contributed by atoms with Crippen molar-refractivity contribution in [2.75, 3.05) is 37.7 Å². The summed E-state index contributed by atoms with van der Waals surface area (Å²) in [6, 6.07) is 17.7. The molecular weight excluding hydrogens is 388 g/mol. The normalized spacial score (nSPS) is 13.9. The number of para-hydroxylation sites is 1. The van der Waals surface area contributed by atoms with Crippen LogP contribution >= 0.6 is 0 Å². The number of carbonyl (C=O) groups is 1. The zero-order valence-electron chi connectivity index (χ0n) is 18.3. The standard InChI is InChI=1S/C25H28N4O2/c1-18-9-11-21(12-10-18)24-26-20(3)19(2)25(27-24)29-15-13-28(14-16-29)23(30)17-31-22-7-5-4-6-8-22/h4-12H,13-17H2,1-3H3. The molecule has 0 saturated carbocycles. The molecule has 6 heteroatoms. The highest BCUT2D eigenvalue weighted by Crippen LogP contribution is 2.25. The summed E-state index contributed by atoms with van der Waals surface area (Å²) >= 11 is 0. The molecule has 1 amide bonds. The third-order valence-corrected chi connectivity index (χ3v) is 5.71. The SMILES string of the molecule is Cc1ccc(-c2nc(C)c(C)c(N3CCN(C(=O)COc4ccccc4)CC3)n2)cc1. The van der Waals surface area contributed by atoms with Crippen LogP contribution in [-0.2, 0) is 4.79 Å². The molecule has 1 fully saturated rings. The highest BCUT2D eigenvalue weighted by atomic mass is 16.5. The summed E-state index contributed by atoms with van der Waals surface area (Å²) in [5.74, 6) is 2.42. The Kier molecular flexibility index (Phi) is 6.16. The highest BCUT2D eigenvalue weighted by molar-refractivity contribution is 5.78. The Labute approximate surface area is 183 Å². The first-order valence-electron chi connectivity index (χ1n) is 10.6. The van der Waals surface area contributed by atoms with E-state index in [1.807, 2.05) is 42.2 Å². The molecule has 31 heavy (non-hydrogen) atoms. The number of ether oxygens (including phenoxy) is 1. The highest BCUT2D eigenvalue weighted by Gasteiger charge is 2.24. The van der Waals surface area contributed by atoms with Crippen LogP contribution in [-0.4, -0.2) is 53.6 Å². The van der Waals surface area contributed by atoms with Gasteiger partial charge in [0.15, 0.2) is 12.4 Å². The maximum absolute atomic E-state index is 12.6. The molecule has 6 nitrogen and oxygen atoms in total. The molecule has 0 spiro atoms. The molecule has 1 saturated heterocycles. The smallest absolute Gasteiger partial charge is 0.260 e. The Hall–Kier alpha value is -3.41. The Morgan fingerprint density at radius 2 is 1.58 bits per heavy atom. The summed E-state index contributed by atoms with van der Waals surface area (Å²) in [6.45, 7) is 9.01. The van der Waals surface area contributed by atoms with E-state index >= 15 is 0 Å². The van der Waals surface area contributed by atoms with Crippen molar-refractivity contribution < 1.29 is 9.53 Å². The van der Waals surface area contributed by atoms with Crippen molar-refractivity contribution in [2.24, 2.45) is 0 Å². The Balaban J connectivity index is 1.42. The van der Waals surface area contributed by atoms with E-state index in [1.54, 1.807) is 0 Å². The van der Waals surface area contributed by atoms with Gasteiger partial charge in [-0.3, -0.25) is 4.79 Å². The van der Waals surface area contributed by atoms with Gasteiger partial charge < -0.3 is 14.5 Å². The fourth-order valence-corrected chi connectivity index (χ4v) is 3.67. The number of piperazine rings is 1. The lowest BCUT2D eigenvalue weighted by molar-refractivity contribution is -0.133. The Morgan fingerprint density at radius 3 is 2.26 bits per heavy atom. The summed E-state index contributed by atoms with van der Waals surface area (Å²) in [6.07, 6.45) is 0. The summed E-state index contributed by atoms with van der Waals surface area (Å²) in [5, 5.41) is 0. The summed E-state index contributed by atoms with van der Waals surface area (Å²) in [7, 11) is 0. The van der Waals surface area contributed by atoms with Crippen molar-refractivity contribution in [2.45, 2.75) is 20.8 Å². The van der Waals surface area contributed by atoms with Crippen molar-refractivity contribution in [3.8, 4) is 17.1 Å². The van der Waals surface area contributed by atoms with Gasteiger partial charge in [-0.1, -0.05) is 48.0 Å². The first kappa shape index (κ1) is 20.8. The van der Waals surface area contributed by atoms with Gasteiger partial charge in [-0.25, -0.2) is 9.97 Å². The van der Waals surface area contributed by atoms with Gasteiger partial charge in [0.1, 0.15) is 11.6 Å². The topological polar surface area (TPSA) is 58.6 Å². The number of carbonyl (C=O) groups excluding carboxylic acids is 1. The zero-order chi connectivity index (χ0) is 21.8. The molecule has 160 valence electrons. The lowest BCUT2D eigenvalue weighted by Gasteiger charge is -2.36. The predicted octanol–water partition coefficient (Wildman–Crippen LogP) is 3.80. The average Bonchev–Trinajstić information content (AvgIpc) is 2.80. The predicted molar refractivity (Wildman–Crippen MR) is 122 cm³/mol. The van der Waals surface area contributed by atoms with Crippen LogP contribution in [0.4, 0.5) is 5.82 Å². The fourth-order valence-electron chi connectivity index (χ4n) is 3.67. The van der Waals surface area contributed by atoms with Crippen LogP contribution in [0.1, 0.15) is 16.8 Å². The van der Waals surface area contributed by atoms with Gasteiger partial charge >= 0.3 is 0 Å². The summed E-state index contributed by atoms with van der Waals surface area (Å²) in [4.78, 5) is 26.3. The van der Waals surface area contributed by atoms with Crippen molar-refractivity contribution >= 4 is 11.7 Å². The largest absolute Gasteiger partial charge is 0.484 e. The molecular formula is C25H28N4O2. The Morgan fingerprint density at radius 1 is 0.903 bits per heavy atom. The van der Waals surface area contributed by atoms with E-state index in [4.69, 9.17) is 14.7 Å². The Bertz CT molecular complexity index is 1040. The van der Waals surface area contributed by atoms with E-state index < -0.39 is 0 Å². The van der Waals surface area contributed by atoms with Gasteiger partial charge in [-0.05, 0) is 32.9 Å². The molecule has 2 heterocycles. The number of aryl methyl sites for hydroxylation is 2. The van der Waals surface area contributed by atoms with Crippen LogP contribution < -0.4 is 9.64 Å². The molecule has 0 aliphatic carbocycles. The minimum absolute atomic E-state index is 0.0134. The van der Waals surface area contributed by atoms with Crippen molar-refractivity contribution in [1.82, 2.24) is 14.9 Å². The van der Waals surface area contributed by atoms with E-state index in [0.29, 0.717) is 18.8 Å². The molecule has 3 aromatic rings. The van der Waals surface area contributed by atoms with Crippen molar-refractivity contribution in [1.29, 1.82) is 0 Å². The molecule has 0 atom stereocenters. The number of rotatable bonds is 5. The second kappa shape index (κ2) is 9.16. The van der Waals surface area contributed by atoms with E-state index in [2.05, 4.69) is 43.0 Å². The number of hydrogen-bond donors (Lipinski definition) is 0. The summed E-state index contributed by atoms with van der Waals surface area (Å²) < 4.78 is 5.61. The van der Waals surface area contributed by atoms with Crippen molar-refractivity contribution in [3.63, 3.8) is 0 Å². The number of benzene rings is 2. The molecule has 4 rings (SSSR count). The van der Waals surface area contributed by atoms with Gasteiger partial charge in [-0.2, -0.15) is 0 Å². The second-order valence-corrected chi connectivity index (χ2v) is 7.92. The zero-order valence-corrected chi connectivity index (χ0v) is 18.3. The van der Waals surface area contributed by atoms with Crippen LogP contribution in [0.5, 0.6) is 5.75 Å². The number of aromatic nitrogens is 2. The van der Waals surface area contributed by atoms with Gasteiger partial charge in [-0.15, -0.1) is 0 Å². The molecule has 0 unspecified atom stereocenters. The number of anilines is 1. The second-order valence-electron chi connectivity index (χ2n) is 7.92. The van der Waals surface area contributed by atoms with Crippen molar-refractivity contribution in [3.05, 3.63) is 71.4 Å². The fraction of sp³-hybridized carbons (Fsp3) is 0.320. The first-order valence-corrected chi connectivity index (χ1v) is 10.6. The molecule has 2 aromatic carbocycles. The number of amides is 1. The quantitative estimate of drug-likeness (QED) is 0.633.